The smallest absolute Gasteiger partial charge is 0.424 e. The number of hydrogen-bond donors (Lipinski definition) is 1. The fourth-order valence-electron chi connectivity index (χ4n) is 11.5. The molecule has 0 aliphatic carbocycles. The van der Waals surface area contributed by atoms with E-state index in [2.05, 4.69) is 9.98 Å². The largest absolute Gasteiger partial charge is 0.458 e. The summed E-state index contributed by atoms with van der Waals surface area (Å²) in [6, 6.07) is 57.4. The van der Waals surface area contributed by atoms with Gasteiger partial charge in [0.1, 0.15) is 89.9 Å². The molecular formula is C77H54N6O18S2. The van der Waals surface area contributed by atoms with Crippen LogP contribution in [-0.2, 0) is 118 Å². The molecule has 13 rings (SSSR count). The standard InChI is InChI=1S/C77H54N6O18S2/c1-44-54(37-78)66(84)82(74(92)98-42-50-29-17-7-18-30-50)68(86)62(44)80-59-35-57-64(102-59)52-33-56-53(34-55(52)76(100-57,70(88)94-38-46-21-9-3-10-22-46)71(89)95-39-47-23-11-4-12-24-47)65-58(101-77(56,72(90)96-40-48-25-13-5-14-26-48)73(91)97-41-49-27-15-6-16-28-49)36-60(103-65)81-63-45(2)61(79)67(85)83(69(63)87)75(93)99-43-51-31-19-8-20-32-51/h3-36H,38-43,79H2,1-2H3. The van der Waals surface area contributed by atoms with Crippen molar-refractivity contribution in [2.75, 3.05) is 0 Å². The molecule has 6 amide bonds. The second-order valence-electron chi connectivity index (χ2n) is 23.4. The molecule has 0 spiro atoms. The van der Waals surface area contributed by atoms with Gasteiger partial charge in [0.25, 0.3) is 23.6 Å². The molecule has 0 saturated heterocycles. The highest BCUT2D eigenvalue weighted by molar-refractivity contribution is 7.20. The normalized spacial score (nSPS) is 15.5. The van der Waals surface area contributed by atoms with Gasteiger partial charge in [0.05, 0.1) is 9.75 Å². The van der Waals surface area contributed by atoms with Crippen LogP contribution in [0.5, 0.6) is 11.5 Å². The van der Waals surface area contributed by atoms with Gasteiger partial charge in [-0.3, -0.25) is 19.2 Å². The zero-order valence-electron chi connectivity index (χ0n) is 54.4. The molecule has 6 heterocycles. The van der Waals surface area contributed by atoms with Crippen molar-refractivity contribution < 1.29 is 85.8 Å². The van der Waals surface area contributed by atoms with Gasteiger partial charge in [0, 0.05) is 45.5 Å². The summed E-state index contributed by atoms with van der Waals surface area (Å²) in [5, 5.41) is 10.1. The summed E-state index contributed by atoms with van der Waals surface area (Å²) in [6.45, 7) is 0.0909. The molecule has 0 bridgehead atoms. The fourth-order valence-corrected chi connectivity index (χ4v) is 13.4. The van der Waals surface area contributed by atoms with Crippen LogP contribution in [0.4, 0.5) is 19.6 Å². The Kier molecular flexibility index (Phi) is 19.2. The van der Waals surface area contributed by atoms with Gasteiger partial charge in [-0.25, -0.2) is 38.8 Å². The van der Waals surface area contributed by atoms with E-state index in [9.17, 15) is 34.0 Å². The van der Waals surface area contributed by atoms with Crippen LogP contribution in [0.15, 0.2) is 239 Å². The Bertz CT molecular complexity index is 5030. The average Bonchev–Trinajstić information content (AvgIpc) is 1.69. The van der Waals surface area contributed by atoms with E-state index in [0.717, 1.165) is 22.7 Å². The van der Waals surface area contributed by atoms with Gasteiger partial charge in [-0.15, -0.1) is 22.7 Å². The van der Waals surface area contributed by atoms with Crippen LogP contribution < -0.4 is 15.2 Å². The number of fused-ring (bicyclic) bond motifs is 6. The zero-order chi connectivity index (χ0) is 72.1. The molecule has 0 fully saturated rings. The number of carbonyl (C=O) groups excluding carboxylic acids is 10. The molecule has 0 unspecified atom stereocenters. The Balaban J connectivity index is 1.03. The van der Waals surface area contributed by atoms with Gasteiger partial charge >= 0.3 is 47.3 Å². The van der Waals surface area contributed by atoms with Gasteiger partial charge in [-0.1, -0.05) is 182 Å². The highest BCUT2D eigenvalue weighted by Gasteiger charge is 2.62. The number of nitriles is 1. The zero-order valence-corrected chi connectivity index (χ0v) is 56.0. The summed E-state index contributed by atoms with van der Waals surface area (Å²) >= 11 is 1.53. The minimum atomic E-state index is -3.05. The molecule has 0 radical (unpaired) electrons. The molecule has 0 atom stereocenters. The van der Waals surface area contributed by atoms with Gasteiger partial charge < -0.3 is 43.6 Å². The van der Waals surface area contributed by atoms with Gasteiger partial charge in [-0.2, -0.15) is 15.1 Å². The summed E-state index contributed by atoms with van der Waals surface area (Å²) in [6.07, 6.45) is -2.79. The molecule has 4 aliphatic rings. The fraction of sp³-hybridized carbons (Fsp3) is 0.130. The van der Waals surface area contributed by atoms with Crippen LogP contribution in [0.3, 0.4) is 0 Å². The SMILES string of the molecule is CC1=C(N)C(=O)N(C(=O)OCc2ccccc2)C(=O)C1=Nc1cc2c(s1)-c1cc3c(cc1C(C(=O)OCc1ccccc1)(C(=O)OCc1ccccc1)O2)-c1sc(N=C2C(=O)N(C(=O)OCc4ccccc4)C(=O)C(C#N)=C2C)cc1OC3(C(=O)OCc1ccccc1)C(=O)OCc1ccccc1. The molecule has 0 saturated carbocycles. The average molecular weight is 1420 g/mol. The van der Waals surface area contributed by atoms with Crippen LogP contribution in [0.1, 0.15) is 58.4 Å². The number of thiophene rings is 2. The summed E-state index contributed by atoms with van der Waals surface area (Å²) in [7, 11) is 0. The Morgan fingerprint density at radius 1 is 0.427 bits per heavy atom. The van der Waals surface area contributed by atoms with Crippen molar-refractivity contribution in [2.45, 2.75) is 64.7 Å². The lowest BCUT2D eigenvalue weighted by molar-refractivity contribution is -0.185. The highest BCUT2D eigenvalue weighted by atomic mass is 32.1. The first kappa shape index (κ1) is 68.3. The molecular weight excluding hydrogens is 1360 g/mol. The number of carbonyl (C=O) groups is 10. The van der Waals surface area contributed by atoms with Crippen molar-refractivity contribution in [1.82, 2.24) is 9.80 Å². The van der Waals surface area contributed by atoms with Crippen LogP contribution in [0, 0.1) is 11.3 Å². The molecule has 2 aromatic heterocycles. The number of aliphatic imine (C=N–C) groups is 2. The van der Waals surface area contributed by atoms with Crippen molar-refractivity contribution >= 4 is 104 Å². The number of amides is 6. The lowest BCUT2D eigenvalue weighted by Crippen LogP contribution is -2.54. The Morgan fingerprint density at radius 2 is 0.718 bits per heavy atom. The predicted octanol–water partition coefficient (Wildman–Crippen LogP) is 11.9. The molecule has 103 heavy (non-hydrogen) atoms. The third-order valence-corrected chi connectivity index (χ3v) is 18.9. The lowest BCUT2D eigenvalue weighted by atomic mass is 9.78. The molecule has 7 aromatic carbocycles. The Morgan fingerprint density at radius 3 is 1.03 bits per heavy atom. The predicted molar refractivity (Wildman–Crippen MR) is 369 cm³/mol. The summed E-state index contributed by atoms with van der Waals surface area (Å²) in [5.74, 6) is -11.1. The van der Waals surface area contributed by atoms with Crippen molar-refractivity contribution in [3.63, 3.8) is 0 Å². The minimum absolute atomic E-state index is 0.00796. The van der Waals surface area contributed by atoms with Crippen molar-refractivity contribution in [3.8, 4) is 38.4 Å². The van der Waals surface area contributed by atoms with Crippen LogP contribution in [-0.4, -0.2) is 80.9 Å². The van der Waals surface area contributed by atoms with Gasteiger partial charge in [0.15, 0.2) is 0 Å². The maximum Gasteiger partial charge on any atom is 0.424 e. The van der Waals surface area contributed by atoms with E-state index in [4.69, 9.17) is 43.6 Å². The van der Waals surface area contributed by atoms with Crippen LogP contribution >= 0.6 is 22.7 Å². The van der Waals surface area contributed by atoms with Gasteiger partial charge in [-0.05, 0) is 59.4 Å². The van der Waals surface area contributed by atoms with Crippen LogP contribution in [0.25, 0.3) is 20.9 Å². The number of nitrogens with zero attached hydrogens (tertiary/aromatic N) is 5. The second kappa shape index (κ2) is 28.9. The summed E-state index contributed by atoms with van der Waals surface area (Å²) in [5.41, 5.74) is -0.491. The van der Waals surface area contributed by atoms with Crippen molar-refractivity contribution in [3.05, 3.63) is 273 Å². The van der Waals surface area contributed by atoms with Crippen molar-refractivity contribution in [2.24, 2.45) is 15.7 Å². The van der Waals surface area contributed by atoms with Crippen LogP contribution in [0.2, 0.25) is 0 Å². The monoisotopic (exact) mass is 1410 g/mol. The van der Waals surface area contributed by atoms with E-state index in [0.29, 0.717) is 33.4 Å². The molecule has 26 heteroatoms. The number of benzene rings is 7. The molecule has 9 aromatic rings. The highest BCUT2D eigenvalue weighted by Crippen LogP contribution is 2.59. The number of hydrogen-bond acceptors (Lipinski definition) is 24. The first-order chi connectivity index (χ1) is 49.9. The Hall–Kier alpha value is -13.3. The summed E-state index contributed by atoms with van der Waals surface area (Å²) < 4.78 is 48.9. The van der Waals surface area contributed by atoms with E-state index in [-0.39, 0.29) is 87.7 Å². The molecule has 24 nitrogen and oxygen atoms in total. The van der Waals surface area contributed by atoms with E-state index in [1.807, 2.05) is 0 Å². The van der Waals surface area contributed by atoms with E-state index in [1.165, 1.54) is 38.1 Å². The maximum atomic E-state index is 15.9. The maximum absolute atomic E-state index is 15.9. The number of rotatable bonds is 18. The Labute approximate surface area is 593 Å². The summed E-state index contributed by atoms with van der Waals surface area (Å²) in [4.78, 5) is 157. The number of ether oxygens (including phenoxy) is 8. The lowest BCUT2D eigenvalue weighted by Gasteiger charge is -2.39. The van der Waals surface area contributed by atoms with E-state index < -0.39 is 120 Å². The minimum Gasteiger partial charge on any atom is -0.458 e. The third kappa shape index (κ3) is 13.2. The second-order valence-corrected chi connectivity index (χ2v) is 25.4. The van der Waals surface area contributed by atoms with Crippen molar-refractivity contribution in [1.29, 1.82) is 5.26 Å². The molecule has 512 valence electrons. The molecule has 2 N–H and O–H groups in total. The first-order valence-electron chi connectivity index (χ1n) is 31.5. The molecule has 4 aliphatic heterocycles. The first-order valence-corrected chi connectivity index (χ1v) is 33.2. The van der Waals surface area contributed by atoms with E-state index >= 15 is 19.2 Å². The third-order valence-electron chi connectivity index (χ3n) is 16.8. The number of nitrogens with two attached hydrogens (primary N) is 1. The van der Waals surface area contributed by atoms with E-state index in [1.54, 1.807) is 188 Å². The number of esters is 4. The van der Waals surface area contributed by atoms with Gasteiger partial charge in [0.2, 0.25) is 0 Å². The quantitative estimate of drug-likeness (QED) is 0.0361. The topological polar surface area (TPSA) is 326 Å². The number of imide groups is 6.